The molecule has 0 aliphatic rings. The summed E-state index contributed by atoms with van der Waals surface area (Å²) >= 11 is 7.30. The van der Waals surface area contributed by atoms with Crippen LogP contribution in [0.25, 0.3) is 0 Å². The summed E-state index contributed by atoms with van der Waals surface area (Å²) in [5, 5.41) is 5.99. The van der Waals surface area contributed by atoms with Crippen LogP contribution in [0.1, 0.15) is 5.56 Å². The molecule has 0 atom stereocenters. The Bertz CT molecular complexity index is 384. The van der Waals surface area contributed by atoms with E-state index >= 15 is 0 Å². The maximum atomic E-state index is 5.79. The van der Waals surface area contributed by atoms with Gasteiger partial charge in [0.05, 0.1) is 16.7 Å². The standard InChI is InChI=1S/C9H9ClN2OS/c1-12-4-8(3-11-12)13-5-7-2-9(10)14-6-7/h2-4,6H,5H2,1H3. The van der Waals surface area contributed by atoms with Crippen molar-refractivity contribution in [1.29, 1.82) is 0 Å². The zero-order valence-electron chi connectivity index (χ0n) is 7.61. The molecule has 0 aliphatic heterocycles. The lowest BCUT2D eigenvalue weighted by molar-refractivity contribution is 0.306. The molecule has 0 aliphatic carbocycles. The lowest BCUT2D eigenvalue weighted by Crippen LogP contribution is -1.92. The predicted molar refractivity (Wildman–Crippen MR) is 56.9 cm³/mol. The Labute approximate surface area is 90.9 Å². The number of hydrogen-bond acceptors (Lipinski definition) is 3. The van der Waals surface area contributed by atoms with Gasteiger partial charge in [0.1, 0.15) is 6.61 Å². The van der Waals surface area contributed by atoms with E-state index in [4.69, 9.17) is 16.3 Å². The predicted octanol–water partition coefficient (Wildman–Crippen LogP) is 2.71. The van der Waals surface area contributed by atoms with E-state index in [1.54, 1.807) is 10.9 Å². The average molecular weight is 229 g/mol. The summed E-state index contributed by atoms with van der Waals surface area (Å²) in [6.45, 7) is 0.537. The summed E-state index contributed by atoms with van der Waals surface area (Å²) in [5.74, 6) is 0.773. The van der Waals surface area contributed by atoms with E-state index in [1.165, 1.54) is 11.3 Å². The van der Waals surface area contributed by atoms with Gasteiger partial charge in [-0.1, -0.05) is 11.6 Å². The van der Waals surface area contributed by atoms with Crippen molar-refractivity contribution in [3.05, 3.63) is 33.7 Å². The molecule has 2 aromatic rings. The zero-order chi connectivity index (χ0) is 9.97. The van der Waals surface area contributed by atoms with E-state index < -0.39 is 0 Å². The van der Waals surface area contributed by atoms with Crippen LogP contribution in [0.4, 0.5) is 0 Å². The molecule has 0 N–H and O–H groups in total. The molecular weight excluding hydrogens is 220 g/mol. The maximum Gasteiger partial charge on any atom is 0.157 e. The number of thiophene rings is 1. The monoisotopic (exact) mass is 228 g/mol. The van der Waals surface area contributed by atoms with Gasteiger partial charge in [-0.3, -0.25) is 4.68 Å². The maximum absolute atomic E-state index is 5.79. The molecule has 74 valence electrons. The van der Waals surface area contributed by atoms with Crippen LogP contribution in [-0.2, 0) is 13.7 Å². The first-order valence-corrected chi connectivity index (χ1v) is 5.34. The Morgan fingerprint density at radius 3 is 3.07 bits per heavy atom. The van der Waals surface area contributed by atoms with Crippen LogP contribution < -0.4 is 4.74 Å². The minimum Gasteiger partial charge on any atom is -0.486 e. The van der Waals surface area contributed by atoms with Crippen LogP contribution in [0.15, 0.2) is 23.8 Å². The Hall–Kier alpha value is -1.00. The van der Waals surface area contributed by atoms with Crippen molar-refractivity contribution in [2.24, 2.45) is 7.05 Å². The lowest BCUT2D eigenvalue weighted by atomic mass is 10.4. The largest absolute Gasteiger partial charge is 0.486 e. The van der Waals surface area contributed by atoms with Gasteiger partial charge in [-0.2, -0.15) is 5.10 Å². The number of hydrogen-bond donors (Lipinski definition) is 0. The number of halogens is 1. The molecule has 0 aromatic carbocycles. The number of rotatable bonds is 3. The number of aromatic nitrogens is 2. The fourth-order valence-corrected chi connectivity index (χ4v) is 1.95. The highest BCUT2D eigenvalue weighted by atomic mass is 35.5. The summed E-state index contributed by atoms with van der Waals surface area (Å²) in [5.41, 5.74) is 1.09. The van der Waals surface area contributed by atoms with Gasteiger partial charge in [0.2, 0.25) is 0 Å². The van der Waals surface area contributed by atoms with E-state index in [0.717, 1.165) is 15.6 Å². The average Bonchev–Trinajstić information content (AvgIpc) is 2.72. The molecule has 0 spiro atoms. The molecule has 0 amide bonds. The van der Waals surface area contributed by atoms with Gasteiger partial charge in [-0.05, 0) is 11.4 Å². The smallest absolute Gasteiger partial charge is 0.157 e. The van der Waals surface area contributed by atoms with Crippen LogP contribution in [-0.4, -0.2) is 9.78 Å². The first-order chi connectivity index (χ1) is 6.74. The molecule has 0 saturated heterocycles. The van der Waals surface area contributed by atoms with Crippen LogP contribution >= 0.6 is 22.9 Å². The van der Waals surface area contributed by atoms with E-state index in [9.17, 15) is 0 Å². The summed E-state index contributed by atoms with van der Waals surface area (Å²) in [7, 11) is 1.86. The molecule has 0 bridgehead atoms. The highest BCUT2D eigenvalue weighted by molar-refractivity contribution is 7.14. The van der Waals surface area contributed by atoms with Crippen molar-refractivity contribution in [3.63, 3.8) is 0 Å². The Morgan fingerprint density at radius 1 is 1.64 bits per heavy atom. The Balaban J connectivity index is 1.94. The highest BCUT2D eigenvalue weighted by Gasteiger charge is 2.00. The topological polar surface area (TPSA) is 27.1 Å². The quantitative estimate of drug-likeness (QED) is 0.808. The minimum atomic E-state index is 0.537. The van der Waals surface area contributed by atoms with Crippen molar-refractivity contribution in [3.8, 4) is 5.75 Å². The summed E-state index contributed by atoms with van der Waals surface area (Å²) in [6, 6.07) is 1.91. The van der Waals surface area contributed by atoms with Gasteiger partial charge >= 0.3 is 0 Å². The molecule has 0 fully saturated rings. The molecule has 14 heavy (non-hydrogen) atoms. The summed E-state index contributed by atoms with van der Waals surface area (Å²) < 4.78 is 7.98. The third-order valence-electron chi connectivity index (χ3n) is 1.71. The molecular formula is C9H9ClN2OS. The van der Waals surface area contributed by atoms with E-state index in [2.05, 4.69) is 5.10 Å². The highest BCUT2D eigenvalue weighted by Crippen LogP contribution is 2.21. The first-order valence-electron chi connectivity index (χ1n) is 4.08. The molecule has 0 unspecified atom stereocenters. The number of aryl methyl sites for hydroxylation is 1. The molecule has 2 heterocycles. The minimum absolute atomic E-state index is 0.537. The first kappa shape index (κ1) is 9.55. The van der Waals surface area contributed by atoms with Crippen LogP contribution in [0.5, 0.6) is 5.75 Å². The second-order valence-corrected chi connectivity index (χ2v) is 4.44. The van der Waals surface area contributed by atoms with E-state index in [1.807, 2.05) is 24.7 Å². The molecule has 5 heteroatoms. The summed E-state index contributed by atoms with van der Waals surface area (Å²) in [6.07, 6.45) is 3.52. The second kappa shape index (κ2) is 4.02. The molecule has 2 rings (SSSR count). The molecule has 2 aromatic heterocycles. The van der Waals surface area contributed by atoms with Gasteiger partial charge in [-0.25, -0.2) is 0 Å². The van der Waals surface area contributed by atoms with Crippen molar-refractivity contribution >= 4 is 22.9 Å². The Kier molecular flexibility index (Phi) is 2.74. The van der Waals surface area contributed by atoms with Gasteiger partial charge < -0.3 is 4.74 Å². The normalized spacial score (nSPS) is 10.4. The second-order valence-electron chi connectivity index (χ2n) is 2.90. The third-order valence-corrected chi connectivity index (χ3v) is 2.85. The summed E-state index contributed by atoms with van der Waals surface area (Å²) in [4.78, 5) is 0. The third kappa shape index (κ3) is 2.27. The van der Waals surface area contributed by atoms with Crippen molar-refractivity contribution in [1.82, 2.24) is 9.78 Å². The fourth-order valence-electron chi connectivity index (χ4n) is 1.06. The van der Waals surface area contributed by atoms with Crippen LogP contribution in [0, 0.1) is 0 Å². The van der Waals surface area contributed by atoms with Gasteiger partial charge in [0, 0.05) is 12.6 Å². The zero-order valence-corrected chi connectivity index (χ0v) is 9.18. The van der Waals surface area contributed by atoms with Gasteiger partial charge in [0.15, 0.2) is 5.75 Å². The van der Waals surface area contributed by atoms with Crippen molar-refractivity contribution < 1.29 is 4.74 Å². The van der Waals surface area contributed by atoms with E-state index in [0.29, 0.717) is 6.61 Å². The number of nitrogens with zero attached hydrogens (tertiary/aromatic N) is 2. The number of ether oxygens (including phenoxy) is 1. The van der Waals surface area contributed by atoms with Crippen molar-refractivity contribution in [2.45, 2.75) is 6.61 Å². The molecule has 3 nitrogen and oxygen atoms in total. The fraction of sp³-hybridized carbons (Fsp3) is 0.222. The van der Waals surface area contributed by atoms with Crippen LogP contribution in [0.3, 0.4) is 0 Å². The van der Waals surface area contributed by atoms with Crippen molar-refractivity contribution in [2.75, 3.05) is 0 Å². The SMILES string of the molecule is Cn1cc(OCc2csc(Cl)c2)cn1. The lowest BCUT2D eigenvalue weighted by Gasteiger charge is -1.99. The molecule has 0 saturated carbocycles. The van der Waals surface area contributed by atoms with Gasteiger partial charge in [-0.15, -0.1) is 11.3 Å². The van der Waals surface area contributed by atoms with Gasteiger partial charge in [0.25, 0.3) is 0 Å². The van der Waals surface area contributed by atoms with Crippen LogP contribution in [0.2, 0.25) is 4.34 Å². The molecule has 0 radical (unpaired) electrons. The Morgan fingerprint density at radius 2 is 2.50 bits per heavy atom. The van der Waals surface area contributed by atoms with E-state index in [-0.39, 0.29) is 0 Å².